The molecule has 0 bridgehead atoms. The Morgan fingerprint density at radius 1 is 1.26 bits per heavy atom. The second kappa shape index (κ2) is 7.61. The van der Waals surface area contributed by atoms with Crippen molar-refractivity contribution in [2.75, 3.05) is 0 Å². The Bertz CT molecular complexity index is 1390. The number of pyridine rings is 1. The van der Waals surface area contributed by atoms with Crippen LogP contribution in [0.15, 0.2) is 52.4 Å². The van der Waals surface area contributed by atoms with E-state index < -0.39 is 0 Å². The zero-order valence-electron chi connectivity index (χ0n) is 17.2. The molecule has 8 heteroatoms. The minimum absolute atomic E-state index is 0.184. The zero-order chi connectivity index (χ0) is 21.5. The van der Waals surface area contributed by atoms with Crippen LogP contribution in [0.5, 0.6) is 0 Å². The molecule has 0 spiro atoms. The first-order chi connectivity index (χ1) is 15.0. The van der Waals surface area contributed by atoms with Crippen molar-refractivity contribution in [1.82, 2.24) is 19.4 Å². The lowest BCUT2D eigenvalue weighted by Gasteiger charge is -2.13. The molecule has 158 valence electrons. The molecule has 1 fully saturated rings. The summed E-state index contributed by atoms with van der Waals surface area (Å²) in [6, 6.07) is 10.7. The number of nitrogens with zero attached hydrogens (tertiary/aromatic N) is 4. The molecule has 0 radical (unpaired) electrons. The van der Waals surface area contributed by atoms with Gasteiger partial charge in [-0.15, -0.1) is 0 Å². The molecular weight excluding hydrogens is 395 g/mol. The highest BCUT2D eigenvalue weighted by Gasteiger charge is 2.34. The molecular formula is C23H23FN6O. The molecule has 1 aliphatic heterocycles. The molecule has 1 aliphatic carbocycles. The number of aromatic nitrogens is 3. The maximum Gasteiger partial charge on any atom is 0.265 e. The summed E-state index contributed by atoms with van der Waals surface area (Å²) in [7, 11) is 1.72. The normalized spacial score (nSPS) is 19.7. The third-order valence-corrected chi connectivity index (χ3v) is 6.13. The summed E-state index contributed by atoms with van der Waals surface area (Å²) in [6.45, 7) is 0.498. The lowest BCUT2D eigenvalue weighted by molar-refractivity contribution is 0.466. The lowest BCUT2D eigenvalue weighted by Crippen LogP contribution is -2.57. The van der Waals surface area contributed by atoms with Crippen molar-refractivity contribution >= 4 is 6.20 Å². The number of halogens is 1. The molecule has 2 aliphatic rings. The monoisotopic (exact) mass is 418 g/mol. The predicted molar refractivity (Wildman–Crippen MR) is 114 cm³/mol. The molecule has 0 amide bonds. The maximum absolute atomic E-state index is 13.4. The summed E-state index contributed by atoms with van der Waals surface area (Å²) >= 11 is 0. The van der Waals surface area contributed by atoms with E-state index in [0.717, 1.165) is 30.4 Å². The van der Waals surface area contributed by atoms with Crippen molar-refractivity contribution in [3.05, 3.63) is 80.7 Å². The third-order valence-electron chi connectivity index (χ3n) is 6.13. The van der Waals surface area contributed by atoms with Crippen LogP contribution in [0.4, 0.5) is 4.39 Å². The van der Waals surface area contributed by atoms with Gasteiger partial charge in [0, 0.05) is 37.6 Å². The van der Waals surface area contributed by atoms with Crippen LogP contribution in [0.25, 0.3) is 17.5 Å². The van der Waals surface area contributed by atoms with Crippen molar-refractivity contribution in [3.63, 3.8) is 0 Å². The van der Waals surface area contributed by atoms with E-state index in [2.05, 4.69) is 15.3 Å². The second-order valence-electron chi connectivity index (χ2n) is 8.07. The predicted octanol–water partition coefficient (Wildman–Crippen LogP) is 1.12. The number of benzene rings is 1. The van der Waals surface area contributed by atoms with E-state index in [4.69, 9.17) is 5.41 Å². The highest BCUT2D eigenvalue weighted by Crippen LogP contribution is 2.32. The van der Waals surface area contributed by atoms with Gasteiger partial charge in [0.15, 0.2) is 0 Å². The van der Waals surface area contributed by atoms with Gasteiger partial charge in [0.1, 0.15) is 11.3 Å². The average molecular weight is 418 g/mol. The highest BCUT2D eigenvalue weighted by molar-refractivity contribution is 5.59. The maximum atomic E-state index is 13.4. The first-order valence-corrected chi connectivity index (χ1v) is 10.4. The van der Waals surface area contributed by atoms with E-state index in [0.29, 0.717) is 23.1 Å². The Kier molecular flexibility index (Phi) is 4.77. The molecule has 31 heavy (non-hydrogen) atoms. The topological polar surface area (TPSA) is 88.1 Å². The minimum atomic E-state index is -0.318. The Balaban J connectivity index is 1.39. The first-order valence-electron chi connectivity index (χ1n) is 10.4. The molecule has 3 aromatic rings. The van der Waals surface area contributed by atoms with E-state index in [-0.39, 0.29) is 28.9 Å². The van der Waals surface area contributed by atoms with Crippen LogP contribution in [0, 0.1) is 11.2 Å². The summed E-state index contributed by atoms with van der Waals surface area (Å²) < 4.78 is 16.9. The summed E-state index contributed by atoms with van der Waals surface area (Å²) in [6.07, 6.45) is 6.19. The fraction of sp³-hybridized carbons (Fsp3) is 0.304. The van der Waals surface area contributed by atoms with E-state index in [1.54, 1.807) is 17.8 Å². The number of nitrogens with one attached hydrogen (secondary N) is 2. The van der Waals surface area contributed by atoms with Crippen LogP contribution in [0.3, 0.4) is 0 Å². The van der Waals surface area contributed by atoms with Crippen LogP contribution in [0.1, 0.15) is 30.9 Å². The number of rotatable bonds is 4. The van der Waals surface area contributed by atoms with Crippen LogP contribution >= 0.6 is 0 Å². The number of fused-ring (bicyclic) bond motifs is 3. The van der Waals surface area contributed by atoms with Gasteiger partial charge in [-0.3, -0.25) is 24.3 Å². The summed E-state index contributed by atoms with van der Waals surface area (Å²) in [5.74, 6) is -0.318. The number of hydrogen-bond donors (Lipinski definition) is 2. The quantitative estimate of drug-likeness (QED) is 0.666. The molecule has 2 N–H and O–H groups in total. The van der Waals surface area contributed by atoms with Gasteiger partial charge in [-0.05, 0) is 30.9 Å². The van der Waals surface area contributed by atoms with Crippen molar-refractivity contribution < 1.29 is 4.39 Å². The molecule has 1 aromatic carbocycles. The van der Waals surface area contributed by atoms with Crippen LogP contribution in [0.2, 0.25) is 0 Å². The van der Waals surface area contributed by atoms with Gasteiger partial charge in [-0.1, -0.05) is 24.3 Å². The van der Waals surface area contributed by atoms with Gasteiger partial charge >= 0.3 is 0 Å². The Labute approximate surface area is 177 Å². The Morgan fingerprint density at radius 2 is 2.06 bits per heavy atom. The summed E-state index contributed by atoms with van der Waals surface area (Å²) in [4.78, 5) is 21.7. The van der Waals surface area contributed by atoms with E-state index in [1.165, 1.54) is 18.3 Å². The van der Waals surface area contributed by atoms with Crippen LogP contribution in [-0.2, 0) is 13.6 Å². The standard InChI is InChI=1S/C23H23FN6O/c1-29-22(31)17(21(25)30-20-4-2-3-18(20)28-23(29)30)13-26-12-14-5-7-15(8-6-14)19-11-16(24)9-10-27-19/h5-11,13,18,20,25-26H,2-4,12H2,1H3/b17-13+,25-21?. The summed E-state index contributed by atoms with van der Waals surface area (Å²) in [5.41, 5.74) is 3.01. The number of hydrogen-bond acceptors (Lipinski definition) is 5. The molecule has 2 atom stereocenters. The van der Waals surface area contributed by atoms with E-state index >= 15 is 0 Å². The molecule has 2 aromatic heterocycles. The van der Waals surface area contributed by atoms with Gasteiger partial charge in [0.05, 0.1) is 23.0 Å². The van der Waals surface area contributed by atoms with Crippen LogP contribution in [-0.4, -0.2) is 20.2 Å². The zero-order valence-corrected chi connectivity index (χ0v) is 17.2. The van der Waals surface area contributed by atoms with Crippen molar-refractivity contribution in [1.29, 1.82) is 5.41 Å². The van der Waals surface area contributed by atoms with Gasteiger partial charge < -0.3 is 5.32 Å². The molecule has 3 heterocycles. The molecule has 7 nitrogen and oxygen atoms in total. The largest absolute Gasteiger partial charge is 0.386 e. The van der Waals surface area contributed by atoms with Gasteiger partial charge in [-0.25, -0.2) is 9.38 Å². The summed E-state index contributed by atoms with van der Waals surface area (Å²) in [5, 5.41) is 12.1. The van der Waals surface area contributed by atoms with Gasteiger partial charge in [0.2, 0.25) is 5.62 Å². The molecule has 0 saturated heterocycles. The van der Waals surface area contributed by atoms with Gasteiger partial charge in [0.25, 0.3) is 5.56 Å². The molecule has 5 rings (SSSR count). The Hall–Kier alpha value is -3.55. The molecule has 1 saturated carbocycles. The fourth-order valence-corrected chi connectivity index (χ4v) is 4.51. The highest BCUT2D eigenvalue weighted by atomic mass is 19.1. The SMILES string of the molecule is Cn1c(=O)/c(=C/NCc2ccc(-c3cc(F)ccn3)cc2)c(=N)n2c1=NC1CCCC12. The molecule has 2 unspecified atom stereocenters. The fourth-order valence-electron chi connectivity index (χ4n) is 4.51. The smallest absolute Gasteiger partial charge is 0.265 e. The second-order valence-corrected chi connectivity index (χ2v) is 8.07. The van der Waals surface area contributed by atoms with E-state index in [9.17, 15) is 9.18 Å². The van der Waals surface area contributed by atoms with Crippen molar-refractivity contribution in [3.8, 4) is 11.3 Å². The Morgan fingerprint density at radius 3 is 2.84 bits per heavy atom. The van der Waals surface area contributed by atoms with Crippen LogP contribution < -0.4 is 27.2 Å². The third kappa shape index (κ3) is 3.37. The lowest BCUT2D eigenvalue weighted by atomic mass is 10.1. The van der Waals surface area contributed by atoms with Crippen molar-refractivity contribution in [2.24, 2.45) is 12.0 Å². The van der Waals surface area contributed by atoms with Crippen molar-refractivity contribution in [2.45, 2.75) is 37.9 Å². The first kappa shape index (κ1) is 19.4. The van der Waals surface area contributed by atoms with Gasteiger partial charge in [-0.2, -0.15) is 0 Å². The minimum Gasteiger partial charge on any atom is -0.386 e. The average Bonchev–Trinajstić information content (AvgIpc) is 3.36. The van der Waals surface area contributed by atoms with E-state index in [1.807, 2.05) is 28.8 Å².